The summed E-state index contributed by atoms with van der Waals surface area (Å²) in [7, 11) is 0. The molecule has 1 saturated heterocycles. The summed E-state index contributed by atoms with van der Waals surface area (Å²) in [5.74, 6) is 0.309. The summed E-state index contributed by atoms with van der Waals surface area (Å²) in [5.41, 5.74) is 0. The molecule has 0 bridgehead atoms. The summed E-state index contributed by atoms with van der Waals surface area (Å²) in [4.78, 5) is 13.9. The Hall–Kier alpha value is -0.610. The predicted molar refractivity (Wildman–Crippen MR) is 62.1 cm³/mol. The molecule has 1 aliphatic rings. The van der Waals surface area contributed by atoms with Crippen molar-refractivity contribution in [1.82, 2.24) is 4.90 Å². The zero-order chi connectivity index (χ0) is 12.0. The van der Waals surface area contributed by atoms with Crippen LogP contribution < -0.4 is 0 Å². The van der Waals surface area contributed by atoms with Gasteiger partial charge in [-0.1, -0.05) is 6.92 Å². The van der Waals surface area contributed by atoms with Gasteiger partial charge in [0.2, 0.25) is 0 Å². The van der Waals surface area contributed by atoms with Gasteiger partial charge in [0.05, 0.1) is 6.61 Å². The Bertz CT molecular complexity index is 212. The predicted octanol–water partition coefficient (Wildman–Crippen LogP) is 1.03. The first-order chi connectivity index (χ1) is 7.72. The number of aliphatic hydroxyl groups is 1. The van der Waals surface area contributed by atoms with Crippen molar-refractivity contribution in [3.05, 3.63) is 0 Å². The molecule has 0 spiro atoms. The van der Waals surface area contributed by atoms with Crippen molar-refractivity contribution in [3.8, 4) is 0 Å². The van der Waals surface area contributed by atoms with E-state index in [4.69, 9.17) is 9.84 Å². The van der Waals surface area contributed by atoms with Gasteiger partial charge in [0, 0.05) is 6.61 Å². The van der Waals surface area contributed by atoms with Crippen molar-refractivity contribution in [2.75, 3.05) is 26.3 Å². The maximum atomic E-state index is 11.7. The van der Waals surface area contributed by atoms with E-state index in [2.05, 4.69) is 4.90 Å². The Balaban J connectivity index is 2.45. The van der Waals surface area contributed by atoms with Crippen molar-refractivity contribution in [3.63, 3.8) is 0 Å². The summed E-state index contributed by atoms with van der Waals surface area (Å²) in [5, 5.41) is 9.06. The number of hydrogen-bond donors (Lipinski definition) is 1. The number of likely N-dealkylation sites (tertiary alicyclic amines) is 1. The number of piperidine rings is 1. The van der Waals surface area contributed by atoms with Gasteiger partial charge in [-0.2, -0.15) is 0 Å². The van der Waals surface area contributed by atoms with Crippen LogP contribution in [0.4, 0.5) is 0 Å². The monoisotopic (exact) mass is 229 g/mol. The summed E-state index contributed by atoms with van der Waals surface area (Å²) >= 11 is 0. The summed E-state index contributed by atoms with van der Waals surface area (Å²) in [6.45, 7) is 6.35. The fraction of sp³-hybridized carbons (Fsp3) is 0.917. The largest absolute Gasteiger partial charge is 0.465 e. The average Bonchev–Trinajstić information content (AvgIpc) is 2.31. The van der Waals surface area contributed by atoms with Gasteiger partial charge in [0.15, 0.2) is 0 Å². The van der Waals surface area contributed by atoms with E-state index in [1.807, 2.05) is 13.8 Å². The third-order valence-corrected chi connectivity index (χ3v) is 3.29. The number of nitrogens with zero attached hydrogens (tertiary/aromatic N) is 1. The molecule has 4 heteroatoms. The molecule has 0 radical (unpaired) electrons. The number of ether oxygens (including phenoxy) is 1. The van der Waals surface area contributed by atoms with Crippen LogP contribution in [0, 0.1) is 5.92 Å². The first-order valence-corrected chi connectivity index (χ1v) is 6.24. The third-order valence-electron chi connectivity index (χ3n) is 3.29. The fourth-order valence-electron chi connectivity index (χ4n) is 2.26. The number of carbonyl (C=O) groups excluding carboxylic acids is 1. The van der Waals surface area contributed by atoms with Crippen molar-refractivity contribution in [1.29, 1.82) is 0 Å². The molecule has 94 valence electrons. The van der Waals surface area contributed by atoms with Gasteiger partial charge in [0.1, 0.15) is 6.04 Å². The zero-order valence-corrected chi connectivity index (χ0v) is 10.3. The van der Waals surface area contributed by atoms with Crippen LogP contribution in [0.1, 0.15) is 33.1 Å². The van der Waals surface area contributed by atoms with Gasteiger partial charge in [-0.25, -0.2) is 0 Å². The molecular weight excluding hydrogens is 206 g/mol. The van der Waals surface area contributed by atoms with Gasteiger partial charge in [-0.05, 0) is 45.2 Å². The van der Waals surface area contributed by atoms with Crippen LogP contribution >= 0.6 is 0 Å². The Kier molecular flexibility index (Phi) is 5.77. The smallest absolute Gasteiger partial charge is 0.323 e. The van der Waals surface area contributed by atoms with E-state index in [1.165, 1.54) is 0 Å². The summed E-state index contributed by atoms with van der Waals surface area (Å²) in [6.07, 6.45) is 2.75. The molecular formula is C12H23NO3. The van der Waals surface area contributed by atoms with E-state index in [0.717, 1.165) is 32.4 Å². The van der Waals surface area contributed by atoms with E-state index in [1.54, 1.807) is 0 Å². The van der Waals surface area contributed by atoms with Crippen LogP contribution in [-0.4, -0.2) is 48.3 Å². The Labute approximate surface area is 97.6 Å². The van der Waals surface area contributed by atoms with E-state index in [-0.39, 0.29) is 18.6 Å². The first kappa shape index (κ1) is 13.5. The van der Waals surface area contributed by atoms with Crippen LogP contribution in [-0.2, 0) is 9.53 Å². The average molecular weight is 229 g/mol. The molecule has 0 aromatic rings. The maximum absolute atomic E-state index is 11.7. The van der Waals surface area contributed by atoms with E-state index in [9.17, 15) is 4.79 Å². The normalized spacial score (nSPS) is 20.7. The maximum Gasteiger partial charge on any atom is 0.323 e. The number of aliphatic hydroxyl groups excluding tert-OH is 1. The number of carbonyl (C=O) groups is 1. The van der Waals surface area contributed by atoms with Crippen LogP contribution in [0.3, 0.4) is 0 Å². The van der Waals surface area contributed by atoms with Crippen LogP contribution in [0.2, 0.25) is 0 Å². The lowest BCUT2D eigenvalue weighted by atomic mass is 9.96. The Morgan fingerprint density at radius 3 is 2.50 bits per heavy atom. The van der Waals surface area contributed by atoms with Crippen molar-refractivity contribution >= 4 is 5.97 Å². The van der Waals surface area contributed by atoms with Crippen LogP contribution in [0.15, 0.2) is 0 Å². The minimum Gasteiger partial charge on any atom is -0.465 e. The molecule has 4 nitrogen and oxygen atoms in total. The van der Waals surface area contributed by atoms with Crippen LogP contribution in [0.5, 0.6) is 0 Å². The highest BCUT2D eigenvalue weighted by atomic mass is 16.5. The highest BCUT2D eigenvalue weighted by molar-refractivity contribution is 5.75. The minimum atomic E-state index is -0.104. The molecule has 1 aliphatic heterocycles. The molecule has 1 N–H and O–H groups in total. The number of rotatable bonds is 5. The SMILES string of the molecule is CCOC(=O)C(CC)N1CCC(CO)CC1. The number of esters is 1. The lowest BCUT2D eigenvalue weighted by Crippen LogP contribution is -2.46. The molecule has 1 heterocycles. The molecule has 0 aromatic heterocycles. The fourth-order valence-corrected chi connectivity index (χ4v) is 2.26. The second-order valence-electron chi connectivity index (χ2n) is 4.34. The standard InChI is InChI=1S/C12H23NO3/c1-3-11(12(15)16-4-2)13-7-5-10(9-14)6-8-13/h10-11,14H,3-9H2,1-2H3. The van der Waals surface area contributed by atoms with Gasteiger partial charge < -0.3 is 9.84 Å². The van der Waals surface area contributed by atoms with E-state index >= 15 is 0 Å². The van der Waals surface area contributed by atoms with Gasteiger partial charge in [0.25, 0.3) is 0 Å². The molecule has 16 heavy (non-hydrogen) atoms. The van der Waals surface area contributed by atoms with Gasteiger partial charge in [-0.3, -0.25) is 9.69 Å². The van der Waals surface area contributed by atoms with Crippen LogP contribution in [0.25, 0.3) is 0 Å². The zero-order valence-electron chi connectivity index (χ0n) is 10.3. The molecule has 1 rings (SSSR count). The molecule has 1 unspecified atom stereocenters. The highest BCUT2D eigenvalue weighted by Gasteiger charge is 2.28. The third kappa shape index (κ3) is 3.46. The molecule has 0 aromatic carbocycles. The summed E-state index contributed by atoms with van der Waals surface area (Å²) < 4.78 is 5.07. The highest BCUT2D eigenvalue weighted by Crippen LogP contribution is 2.20. The number of hydrogen-bond acceptors (Lipinski definition) is 4. The lowest BCUT2D eigenvalue weighted by molar-refractivity contribution is -0.150. The van der Waals surface area contributed by atoms with Gasteiger partial charge in [-0.15, -0.1) is 0 Å². The molecule has 0 saturated carbocycles. The second-order valence-corrected chi connectivity index (χ2v) is 4.34. The van der Waals surface area contributed by atoms with Crippen molar-refractivity contribution < 1.29 is 14.6 Å². The molecule has 0 amide bonds. The van der Waals surface area contributed by atoms with Crippen molar-refractivity contribution in [2.24, 2.45) is 5.92 Å². The molecule has 0 aliphatic carbocycles. The van der Waals surface area contributed by atoms with E-state index < -0.39 is 0 Å². The first-order valence-electron chi connectivity index (χ1n) is 6.24. The Morgan fingerprint density at radius 1 is 1.44 bits per heavy atom. The topological polar surface area (TPSA) is 49.8 Å². The summed E-state index contributed by atoms with van der Waals surface area (Å²) in [6, 6.07) is -0.0976. The minimum absolute atomic E-state index is 0.0976. The molecule has 1 fully saturated rings. The quantitative estimate of drug-likeness (QED) is 0.715. The molecule has 1 atom stereocenters. The van der Waals surface area contributed by atoms with Crippen molar-refractivity contribution in [2.45, 2.75) is 39.2 Å². The second kappa shape index (κ2) is 6.86. The van der Waals surface area contributed by atoms with E-state index in [0.29, 0.717) is 12.5 Å². The Morgan fingerprint density at radius 2 is 2.06 bits per heavy atom. The van der Waals surface area contributed by atoms with Gasteiger partial charge >= 0.3 is 5.97 Å². The lowest BCUT2D eigenvalue weighted by Gasteiger charge is -2.35.